The number of anilines is 4. The maximum absolute atomic E-state index is 12.7. The topological polar surface area (TPSA) is 150 Å². The van der Waals surface area contributed by atoms with Gasteiger partial charge >= 0.3 is 17.4 Å². The van der Waals surface area contributed by atoms with Crippen LogP contribution < -0.4 is 42.5 Å². The van der Waals surface area contributed by atoms with Crippen LogP contribution in [0.4, 0.5) is 23.0 Å². The summed E-state index contributed by atoms with van der Waals surface area (Å²) < 4.78 is 4.02. The lowest BCUT2D eigenvalue weighted by Gasteiger charge is -2.42. The average molecular weight is 422 g/mol. The van der Waals surface area contributed by atoms with Crippen LogP contribution in [0, 0.1) is 0 Å². The van der Waals surface area contributed by atoms with Gasteiger partial charge in [0.1, 0.15) is 17.2 Å². The number of aliphatic hydroxyl groups excluding tert-OH is 1. The number of hydrogen-bond donors (Lipinski definition) is 3. The Labute approximate surface area is 168 Å². The molecule has 2 aliphatic heterocycles. The first-order valence-corrected chi connectivity index (χ1v) is 8.90. The minimum atomic E-state index is -2.28. The molecule has 2 aromatic rings. The Morgan fingerprint density at radius 2 is 1.30 bits per heavy atom. The summed E-state index contributed by atoms with van der Waals surface area (Å²) in [7, 11) is 8.22. The summed E-state index contributed by atoms with van der Waals surface area (Å²) in [6.07, 6.45) is -1.57. The van der Waals surface area contributed by atoms with Crippen LogP contribution in [0.1, 0.15) is 0 Å². The number of aliphatic hydroxyl groups is 2. The number of aromatic nitrogens is 4. The van der Waals surface area contributed by atoms with Gasteiger partial charge in [0.2, 0.25) is 6.35 Å². The van der Waals surface area contributed by atoms with E-state index in [-0.39, 0.29) is 23.0 Å². The molecule has 2 aliphatic rings. The molecule has 0 radical (unpaired) electrons. The van der Waals surface area contributed by atoms with Crippen LogP contribution in [0.2, 0.25) is 0 Å². The molecule has 0 aromatic carbocycles. The number of nitrogens with one attached hydrogen (secondary N) is 1. The Balaban J connectivity index is 2.02. The van der Waals surface area contributed by atoms with Crippen LogP contribution in [-0.4, -0.2) is 54.9 Å². The maximum atomic E-state index is 12.7. The first-order chi connectivity index (χ1) is 13.9. The highest BCUT2D eigenvalue weighted by Crippen LogP contribution is 2.43. The Bertz CT molecular complexity index is 1340. The Morgan fingerprint density at radius 3 is 1.87 bits per heavy atom. The highest BCUT2D eigenvalue weighted by atomic mass is 16.4. The molecule has 162 valence electrons. The van der Waals surface area contributed by atoms with E-state index in [0.29, 0.717) is 0 Å². The number of fused-ring (bicyclic) bond motifs is 2. The highest BCUT2D eigenvalue weighted by Gasteiger charge is 2.56. The van der Waals surface area contributed by atoms with Crippen LogP contribution in [0.3, 0.4) is 0 Å². The van der Waals surface area contributed by atoms with Crippen molar-refractivity contribution in [3.8, 4) is 0 Å². The highest BCUT2D eigenvalue weighted by molar-refractivity contribution is 5.80. The fraction of sp³-hybridized carbons (Fsp3) is 0.500. The van der Waals surface area contributed by atoms with Gasteiger partial charge in [-0.25, -0.2) is 14.5 Å². The molecular weight excluding hydrogens is 400 g/mol. The van der Waals surface area contributed by atoms with Crippen LogP contribution in [0.5, 0.6) is 0 Å². The third-order valence-corrected chi connectivity index (χ3v) is 5.83. The van der Waals surface area contributed by atoms with E-state index in [2.05, 4.69) is 5.32 Å². The molecular formula is C16H22N8O6. The van der Waals surface area contributed by atoms with E-state index in [4.69, 9.17) is 0 Å². The van der Waals surface area contributed by atoms with Crippen molar-refractivity contribution in [3.63, 3.8) is 0 Å². The van der Waals surface area contributed by atoms with E-state index < -0.39 is 34.8 Å². The summed E-state index contributed by atoms with van der Waals surface area (Å²) in [5.41, 5.74) is -2.67. The monoisotopic (exact) mass is 422 g/mol. The van der Waals surface area contributed by atoms with Crippen LogP contribution in [-0.2, 0) is 28.2 Å². The Kier molecular flexibility index (Phi) is 3.80. The zero-order valence-corrected chi connectivity index (χ0v) is 17.2. The zero-order chi connectivity index (χ0) is 22.4. The molecule has 0 bridgehead atoms. The van der Waals surface area contributed by atoms with Gasteiger partial charge in [0.15, 0.2) is 5.82 Å². The molecule has 4 heterocycles. The normalized spacial score (nSPS) is 22.4. The smallest absolute Gasteiger partial charge is 0.332 e. The molecule has 4 rings (SSSR count). The van der Waals surface area contributed by atoms with E-state index in [9.17, 15) is 29.4 Å². The molecule has 0 spiro atoms. The van der Waals surface area contributed by atoms with Crippen molar-refractivity contribution < 1.29 is 10.2 Å². The SMILES string of the molecule is CN1c2c(n(C)c(=O)n(C)c2=O)N(C2(O)Nc3c(c(=O)n(C)c(=O)n3C)N2C)C1O. The van der Waals surface area contributed by atoms with Gasteiger partial charge in [-0.15, -0.1) is 0 Å². The Morgan fingerprint density at radius 1 is 0.800 bits per heavy atom. The largest absolute Gasteiger partial charge is 0.356 e. The molecule has 14 nitrogen and oxygen atoms in total. The predicted molar refractivity (Wildman–Crippen MR) is 108 cm³/mol. The van der Waals surface area contributed by atoms with Crippen molar-refractivity contribution in [2.75, 3.05) is 34.1 Å². The molecule has 14 heteroatoms. The standard InChI is InChI=1S/C16H22N8O6/c1-18-8-10(20(3)14(28)22(5)12(8)26)24(15(18)29)16(30)17-9-7(23(16)6)11(25)21(4)13(27)19(9)2/h15,17,29-30H,1-6H3. The lowest BCUT2D eigenvalue weighted by molar-refractivity contribution is 0.0245. The first-order valence-electron chi connectivity index (χ1n) is 8.90. The van der Waals surface area contributed by atoms with Crippen LogP contribution in [0.15, 0.2) is 19.2 Å². The summed E-state index contributed by atoms with van der Waals surface area (Å²) in [5.74, 6) is -2.32. The maximum Gasteiger partial charge on any atom is 0.332 e. The molecule has 0 saturated carbocycles. The van der Waals surface area contributed by atoms with E-state index >= 15 is 0 Å². The van der Waals surface area contributed by atoms with E-state index in [1.807, 2.05) is 0 Å². The molecule has 30 heavy (non-hydrogen) atoms. The molecule has 0 fully saturated rings. The van der Waals surface area contributed by atoms with Gasteiger partial charge in [-0.05, 0) is 0 Å². The van der Waals surface area contributed by atoms with Gasteiger partial charge in [0, 0.05) is 42.3 Å². The van der Waals surface area contributed by atoms with Crippen molar-refractivity contribution in [2.24, 2.45) is 28.2 Å². The van der Waals surface area contributed by atoms with Crippen molar-refractivity contribution in [3.05, 3.63) is 41.7 Å². The number of hydrogen-bond acceptors (Lipinski definition) is 10. The predicted octanol–water partition coefficient (Wildman–Crippen LogP) is -3.82. The summed E-state index contributed by atoms with van der Waals surface area (Å²) in [5, 5.41) is 25.2. The van der Waals surface area contributed by atoms with E-state index in [1.165, 1.54) is 47.2 Å². The van der Waals surface area contributed by atoms with Crippen LogP contribution >= 0.6 is 0 Å². The second-order valence-corrected chi connectivity index (χ2v) is 7.43. The minimum absolute atomic E-state index is 0.0187. The Hall–Kier alpha value is -3.52. The molecule has 2 atom stereocenters. The molecule has 3 N–H and O–H groups in total. The van der Waals surface area contributed by atoms with E-state index in [0.717, 1.165) is 28.1 Å². The quantitative estimate of drug-likeness (QED) is 0.417. The fourth-order valence-electron chi connectivity index (χ4n) is 4.00. The summed E-state index contributed by atoms with van der Waals surface area (Å²) in [4.78, 5) is 53.6. The third kappa shape index (κ3) is 2.03. The molecule has 0 aliphatic carbocycles. The lowest BCUT2D eigenvalue weighted by Crippen LogP contribution is -2.67. The molecule has 0 amide bonds. The second kappa shape index (κ2) is 5.76. The summed E-state index contributed by atoms with van der Waals surface area (Å²) >= 11 is 0. The van der Waals surface area contributed by atoms with E-state index in [1.54, 1.807) is 0 Å². The minimum Gasteiger partial charge on any atom is -0.356 e. The van der Waals surface area contributed by atoms with Gasteiger partial charge in [-0.2, -0.15) is 0 Å². The van der Waals surface area contributed by atoms with Crippen molar-refractivity contribution in [2.45, 2.75) is 12.3 Å². The van der Waals surface area contributed by atoms with Gasteiger partial charge in [-0.1, -0.05) is 0 Å². The summed E-state index contributed by atoms with van der Waals surface area (Å²) in [6, 6.07) is 0. The zero-order valence-electron chi connectivity index (χ0n) is 17.2. The van der Waals surface area contributed by atoms with Gasteiger partial charge in [-0.3, -0.25) is 27.9 Å². The molecule has 0 saturated heterocycles. The average Bonchev–Trinajstić information content (AvgIpc) is 3.13. The van der Waals surface area contributed by atoms with Crippen molar-refractivity contribution in [1.82, 2.24) is 18.3 Å². The van der Waals surface area contributed by atoms with Crippen molar-refractivity contribution in [1.29, 1.82) is 0 Å². The first kappa shape index (κ1) is 19.8. The number of rotatable bonds is 1. The molecule has 2 aromatic heterocycles. The van der Waals surface area contributed by atoms with Crippen LogP contribution in [0.25, 0.3) is 0 Å². The number of nitrogens with zero attached hydrogens (tertiary/aromatic N) is 7. The third-order valence-electron chi connectivity index (χ3n) is 5.83. The lowest BCUT2D eigenvalue weighted by atomic mass is 10.4. The van der Waals surface area contributed by atoms with Gasteiger partial charge in [0.05, 0.1) is 0 Å². The second-order valence-electron chi connectivity index (χ2n) is 7.43. The fourth-order valence-corrected chi connectivity index (χ4v) is 4.00. The summed E-state index contributed by atoms with van der Waals surface area (Å²) in [6.45, 7) is 0. The van der Waals surface area contributed by atoms with Gasteiger partial charge < -0.3 is 25.3 Å². The van der Waals surface area contributed by atoms with Crippen molar-refractivity contribution >= 4 is 23.0 Å². The molecule has 2 unspecified atom stereocenters. The van der Waals surface area contributed by atoms with Gasteiger partial charge in [0.25, 0.3) is 11.1 Å².